The monoisotopic (exact) mass is 405 g/mol. The Morgan fingerprint density at radius 2 is 1.58 bits per heavy atom. The summed E-state index contributed by atoms with van der Waals surface area (Å²) in [6.07, 6.45) is 0. The predicted octanol–water partition coefficient (Wildman–Crippen LogP) is 5.73. The molecule has 0 spiro atoms. The van der Waals surface area contributed by atoms with Crippen molar-refractivity contribution in [3.05, 3.63) is 114 Å². The van der Waals surface area contributed by atoms with Crippen LogP contribution in [0.2, 0.25) is 0 Å². The minimum atomic E-state index is -0.236. The molecule has 1 aromatic heterocycles. The standard InChI is InChI=1S/C27H23N3O/c1-19(28-27(31)22-10-3-2-4-11-22)26-29-24-13-7-8-14-25(24)30(26)18-20-15-16-21-9-5-6-12-23(21)17-20/h2-17,19H,18H2,1H3,(H,28,31). The SMILES string of the molecule is CC(NC(=O)c1ccccc1)c1nc2ccccc2n1Cc1ccc2ccccc2c1. The second kappa shape index (κ2) is 8.07. The molecule has 5 aromatic rings. The van der Waals surface area contributed by atoms with Gasteiger partial charge in [0, 0.05) is 12.1 Å². The molecular weight excluding hydrogens is 382 g/mol. The minimum Gasteiger partial charge on any atom is -0.342 e. The number of nitrogens with zero attached hydrogens (tertiary/aromatic N) is 2. The highest BCUT2D eigenvalue weighted by molar-refractivity contribution is 5.94. The Morgan fingerprint density at radius 3 is 2.42 bits per heavy atom. The third-order valence-corrected chi connectivity index (χ3v) is 5.61. The molecule has 1 N–H and O–H groups in total. The lowest BCUT2D eigenvalue weighted by molar-refractivity contribution is 0.0938. The van der Waals surface area contributed by atoms with Crippen molar-refractivity contribution in [3.8, 4) is 0 Å². The van der Waals surface area contributed by atoms with E-state index in [0.717, 1.165) is 16.9 Å². The van der Waals surface area contributed by atoms with Crippen LogP contribution in [0.3, 0.4) is 0 Å². The fraction of sp³-hybridized carbons (Fsp3) is 0.111. The van der Waals surface area contributed by atoms with E-state index >= 15 is 0 Å². The number of hydrogen-bond acceptors (Lipinski definition) is 2. The Bertz CT molecular complexity index is 1370. The number of carbonyl (C=O) groups is 1. The zero-order chi connectivity index (χ0) is 21.2. The van der Waals surface area contributed by atoms with E-state index in [0.29, 0.717) is 12.1 Å². The van der Waals surface area contributed by atoms with Gasteiger partial charge in [-0.05, 0) is 53.6 Å². The van der Waals surface area contributed by atoms with Crippen LogP contribution in [0.1, 0.15) is 34.7 Å². The summed E-state index contributed by atoms with van der Waals surface area (Å²) in [4.78, 5) is 17.6. The molecule has 0 aliphatic heterocycles. The van der Waals surface area contributed by atoms with Crippen molar-refractivity contribution in [2.75, 3.05) is 0 Å². The normalized spacial score (nSPS) is 12.2. The van der Waals surface area contributed by atoms with E-state index in [1.807, 2.05) is 55.5 Å². The number of imidazole rings is 1. The van der Waals surface area contributed by atoms with Gasteiger partial charge in [-0.2, -0.15) is 0 Å². The molecule has 0 radical (unpaired) electrons. The zero-order valence-corrected chi connectivity index (χ0v) is 17.3. The molecule has 0 saturated heterocycles. The first-order chi connectivity index (χ1) is 15.2. The highest BCUT2D eigenvalue weighted by Gasteiger charge is 2.19. The van der Waals surface area contributed by atoms with E-state index in [1.54, 1.807) is 0 Å². The van der Waals surface area contributed by atoms with E-state index in [-0.39, 0.29) is 11.9 Å². The van der Waals surface area contributed by atoms with Crippen LogP contribution < -0.4 is 5.32 Å². The maximum absolute atomic E-state index is 12.7. The summed E-state index contributed by atoms with van der Waals surface area (Å²) in [6.45, 7) is 2.67. The van der Waals surface area contributed by atoms with Gasteiger partial charge in [0.2, 0.25) is 0 Å². The summed E-state index contributed by atoms with van der Waals surface area (Å²) < 4.78 is 2.20. The van der Waals surface area contributed by atoms with Crippen LogP contribution in [-0.2, 0) is 6.54 Å². The van der Waals surface area contributed by atoms with Crippen molar-refractivity contribution in [1.29, 1.82) is 0 Å². The number of aromatic nitrogens is 2. The summed E-state index contributed by atoms with van der Waals surface area (Å²) in [5, 5.41) is 5.55. The van der Waals surface area contributed by atoms with E-state index in [4.69, 9.17) is 4.98 Å². The van der Waals surface area contributed by atoms with Gasteiger partial charge in [0.05, 0.1) is 17.1 Å². The van der Waals surface area contributed by atoms with E-state index in [2.05, 4.69) is 58.4 Å². The summed E-state index contributed by atoms with van der Waals surface area (Å²) in [6, 6.07) is 32.1. The molecule has 1 unspecified atom stereocenters. The molecule has 1 heterocycles. The van der Waals surface area contributed by atoms with Crippen LogP contribution in [0.5, 0.6) is 0 Å². The number of fused-ring (bicyclic) bond motifs is 2. The maximum Gasteiger partial charge on any atom is 0.251 e. The van der Waals surface area contributed by atoms with Gasteiger partial charge in [-0.25, -0.2) is 4.98 Å². The number of nitrogens with one attached hydrogen (secondary N) is 1. The highest BCUT2D eigenvalue weighted by Crippen LogP contribution is 2.24. The Kier molecular flexibility index (Phi) is 4.97. The Balaban J connectivity index is 1.51. The number of amides is 1. The number of benzene rings is 4. The van der Waals surface area contributed by atoms with Gasteiger partial charge in [-0.3, -0.25) is 4.79 Å². The number of hydrogen-bond donors (Lipinski definition) is 1. The largest absolute Gasteiger partial charge is 0.342 e. The van der Waals surface area contributed by atoms with Crippen LogP contribution in [-0.4, -0.2) is 15.5 Å². The molecule has 1 atom stereocenters. The van der Waals surface area contributed by atoms with Crippen molar-refractivity contribution in [3.63, 3.8) is 0 Å². The lowest BCUT2D eigenvalue weighted by Gasteiger charge is -2.17. The summed E-state index contributed by atoms with van der Waals surface area (Å²) in [5.41, 5.74) is 3.83. The van der Waals surface area contributed by atoms with Crippen molar-refractivity contribution in [1.82, 2.24) is 14.9 Å². The van der Waals surface area contributed by atoms with E-state index < -0.39 is 0 Å². The van der Waals surface area contributed by atoms with Crippen molar-refractivity contribution < 1.29 is 4.79 Å². The predicted molar refractivity (Wildman–Crippen MR) is 125 cm³/mol. The molecule has 1 amide bonds. The smallest absolute Gasteiger partial charge is 0.251 e. The fourth-order valence-corrected chi connectivity index (χ4v) is 4.04. The van der Waals surface area contributed by atoms with Crippen LogP contribution in [0, 0.1) is 0 Å². The molecule has 0 bridgehead atoms. The van der Waals surface area contributed by atoms with E-state index in [9.17, 15) is 4.79 Å². The van der Waals surface area contributed by atoms with Gasteiger partial charge in [-0.1, -0.05) is 66.7 Å². The Hall–Kier alpha value is -3.92. The molecule has 0 aliphatic carbocycles. The second-order valence-electron chi connectivity index (χ2n) is 7.79. The van der Waals surface area contributed by atoms with Crippen molar-refractivity contribution >= 4 is 27.7 Å². The molecule has 4 nitrogen and oxygen atoms in total. The van der Waals surface area contributed by atoms with E-state index in [1.165, 1.54) is 16.3 Å². The average Bonchev–Trinajstić information content (AvgIpc) is 3.18. The molecule has 31 heavy (non-hydrogen) atoms. The first-order valence-corrected chi connectivity index (χ1v) is 10.5. The number of para-hydroxylation sites is 2. The topological polar surface area (TPSA) is 46.9 Å². The second-order valence-corrected chi connectivity index (χ2v) is 7.79. The molecule has 0 aliphatic rings. The summed E-state index contributed by atoms with van der Waals surface area (Å²) in [5.74, 6) is 0.746. The first-order valence-electron chi connectivity index (χ1n) is 10.5. The van der Waals surface area contributed by atoms with Crippen LogP contribution in [0.4, 0.5) is 0 Å². The van der Waals surface area contributed by atoms with Crippen molar-refractivity contribution in [2.24, 2.45) is 0 Å². The van der Waals surface area contributed by atoms with Gasteiger partial charge in [-0.15, -0.1) is 0 Å². The maximum atomic E-state index is 12.7. The molecular formula is C27H23N3O. The molecule has 152 valence electrons. The first kappa shape index (κ1) is 19.1. The van der Waals surface area contributed by atoms with Gasteiger partial charge in [0.1, 0.15) is 5.82 Å². The third-order valence-electron chi connectivity index (χ3n) is 5.61. The van der Waals surface area contributed by atoms with Crippen LogP contribution >= 0.6 is 0 Å². The average molecular weight is 406 g/mol. The highest BCUT2D eigenvalue weighted by atomic mass is 16.1. The minimum absolute atomic E-state index is 0.0996. The third kappa shape index (κ3) is 3.80. The summed E-state index contributed by atoms with van der Waals surface area (Å²) in [7, 11) is 0. The fourth-order valence-electron chi connectivity index (χ4n) is 4.04. The quantitative estimate of drug-likeness (QED) is 0.406. The van der Waals surface area contributed by atoms with Gasteiger partial charge < -0.3 is 9.88 Å². The molecule has 4 aromatic carbocycles. The van der Waals surface area contributed by atoms with Gasteiger partial charge in [0.25, 0.3) is 5.91 Å². The van der Waals surface area contributed by atoms with Crippen molar-refractivity contribution in [2.45, 2.75) is 19.5 Å². The lowest BCUT2D eigenvalue weighted by atomic mass is 10.1. The lowest BCUT2D eigenvalue weighted by Crippen LogP contribution is -2.28. The Labute approximate surface area is 181 Å². The molecule has 4 heteroatoms. The zero-order valence-electron chi connectivity index (χ0n) is 17.3. The molecule has 0 fully saturated rings. The number of rotatable bonds is 5. The van der Waals surface area contributed by atoms with Gasteiger partial charge in [0.15, 0.2) is 0 Å². The molecule has 5 rings (SSSR count). The summed E-state index contributed by atoms with van der Waals surface area (Å²) >= 11 is 0. The number of carbonyl (C=O) groups excluding carboxylic acids is 1. The molecule has 0 saturated carbocycles. The Morgan fingerprint density at radius 1 is 0.871 bits per heavy atom. The van der Waals surface area contributed by atoms with Crippen LogP contribution in [0.15, 0.2) is 97.1 Å². The van der Waals surface area contributed by atoms with Gasteiger partial charge >= 0.3 is 0 Å². The van der Waals surface area contributed by atoms with Crippen LogP contribution in [0.25, 0.3) is 21.8 Å².